The standard InChI is InChI=1S/C15H13NO3S/c1-3-9-16-14(17)13(20-15(16)18)10-11-5-7-12(8-6-11)19-4-2/h1,5-8,10H,4,9H2,2H3. The van der Waals surface area contributed by atoms with Crippen molar-refractivity contribution in [3.05, 3.63) is 34.7 Å². The van der Waals surface area contributed by atoms with Crippen LogP contribution in [0.25, 0.3) is 6.08 Å². The average Bonchev–Trinajstić information content (AvgIpc) is 2.69. The average molecular weight is 287 g/mol. The molecule has 5 heteroatoms. The third kappa shape index (κ3) is 3.03. The number of ether oxygens (including phenoxy) is 1. The van der Waals surface area contributed by atoms with Crippen molar-refractivity contribution < 1.29 is 14.3 Å². The number of hydrogen-bond acceptors (Lipinski definition) is 4. The lowest BCUT2D eigenvalue weighted by Crippen LogP contribution is -2.28. The topological polar surface area (TPSA) is 46.6 Å². The van der Waals surface area contributed by atoms with Gasteiger partial charge in [-0.1, -0.05) is 18.1 Å². The van der Waals surface area contributed by atoms with E-state index in [-0.39, 0.29) is 17.7 Å². The second-order valence-corrected chi connectivity index (χ2v) is 4.97. The van der Waals surface area contributed by atoms with E-state index < -0.39 is 0 Å². The van der Waals surface area contributed by atoms with Gasteiger partial charge < -0.3 is 4.74 Å². The molecule has 2 amide bonds. The zero-order valence-electron chi connectivity index (χ0n) is 11.0. The Kier molecular flexibility index (Phi) is 4.49. The van der Waals surface area contributed by atoms with Gasteiger partial charge in [-0.2, -0.15) is 0 Å². The predicted molar refractivity (Wildman–Crippen MR) is 79.1 cm³/mol. The Morgan fingerprint density at radius 2 is 2.05 bits per heavy atom. The van der Waals surface area contributed by atoms with E-state index in [2.05, 4.69) is 5.92 Å². The Balaban J connectivity index is 2.17. The lowest BCUT2D eigenvalue weighted by Gasteiger charge is -2.06. The van der Waals surface area contributed by atoms with E-state index in [1.54, 1.807) is 6.08 Å². The van der Waals surface area contributed by atoms with Gasteiger partial charge in [0.15, 0.2) is 0 Å². The molecule has 1 fully saturated rings. The molecule has 0 aromatic heterocycles. The minimum atomic E-state index is -0.341. The van der Waals surface area contributed by atoms with Gasteiger partial charge in [-0.15, -0.1) is 6.42 Å². The lowest BCUT2D eigenvalue weighted by atomic mass is 10.2. The van der Waals surface area contributed by atoms with Gasteiger partial charge in [0.2, 0.25) is 0 Å². The number of carbonyl (C=O) groups is 2. The summed E-state index contributed by atoms with van der Waals surface area (Å²) in [6, 6.07) is 7.31. The summed E-state index contributed by atoms with van der Waals surface area (Å²) in [6.45, 7) is 2.52. The number of benzene rings is 1. The van der Waals surface area contributed by atoms with E-state index in [1.165, 1.54) is 0 Å². The molecule has 1 aromatic rings. The van der Waals surface area contributed by atoms with Gasteiger partial charge in [0, 0.05) is 0 Å². The number of hydrogen-bond donors (Lipinski definition) is 0. The summed E-state index contributed by atoms with van der Waals surface area (Å²) in [5, 5.41) is -0.329. The van der Waals surface area contributed by atoms with E-state index in [1.807, 2.05) is 31.2 Å². The molecule has 4 nitrogen and oxygen atoms in total. The zero-order valence-corrected chi connectivity index (χ0v) is 11.8. The van der Waals surface area contributed by atoms with Crippen LogP contribution in [0.1, 0.15) is 12.5 Å². The van der Waals surface area contributed by atoms with Crippen LogP contribution in [-0.2, 0) is 4.79 Å². The summed E-state index contributed by atoms with van der Waals surface area (Å²) < 4.78 is 5.34. The van der Waals surface area contributed by atoms with Gasteiger partial charge in [-0.25, -0.2) is 0 Å². The molecule has 102 valence electrons. The van der Waals surface area contributed by atoms with Crippen LogP contribution < -0.4 is 4.74 Å². The molecule has 0 aliphatic carbocycles. The maximum Gasteiger partial charge on any atom is 0.294 e. The third-order valence-corrected chi connectivity index (χ3v) is 3.52. The summed E-state index contributed by atoms with van der Waals surface area (Å²) in [7, 11) is 0. The van der Waals surface area contributed by atoms with Gasteiger partial charge in [0.25, 0.3) is 11.1 Å². The van der Waals surface area contributed by atoms with Crippen LogP contribution in [0.15, 0.2) is 29.2 Å². The summed E-state index contributed by atoms with van der Waals surface area (Å²) in [6.07, 6.45) is 6.81. The van der Waals surface area contributed by atoms with Crippen molar-refractivity contribution in [2.24, 2.45) is 0 Å². The number of carbonyl (C=O) groups excluding carboxylic acids is 2. The molecule has 2 rings (SSSR count). The van der Waals surface area contributed by atoms with Crippen LogP contribution >= 0.6 is 11.8 Å². The van der Waals surface area contributed by atoms with E-state index in [0.717, 1.165) is 28.0 Å². The Bertz CT molecular complexity index is 599. The molecular formula is C15H13NO3S. The first-order chi connectivity index (χ1) is 9.65. The highest BCUT2D eigenvalue weighted by atomic mass is 32.2. The maximum absolute atomic E-state index is 12.0. The van der Waals surface area contributed by atoms with Gasteiger partial charge in [0.05, 0.1) is 18.1 Å². The molecule has 1 aliphatic heterocycles. The first-order valence-corrected chi connectivity index (χ1v) is 6.89. The summed E-state index contributed by atoms with van der Waals surface area (Å²) in [4.78, 5) is 25.0. The first-order valence-electron chi connectivity index (χ1n) is 6.07. The van der Waals surface area contributed by atoms with Crippen LogP contribution in [0.3, 0.4) is 0 Å². The first kappa shape index (κ1) is 14.2. The fraction of sp³-hybridized carbons (Fsp3) is 0.200. The summed E-state index contributed by atoms with van der Waals surface area (Å²) >= 11 is 0.903. The molecule has 0 saturated carbocycles. The molecule has 0 bridgehead atoms. The van der Waals surface area contributed by atoms with Crippen molar-refractivity contribution in [2.45, 2.75) is 6.92 Å². The number of rotatable bonds is 4. The predicted octanol–water partition coefficient (Wildman–Crippen LogP) is 2.75. The number of imide groups is 1. The summed E-state index contributed by atoms with van der Waals surface area (Å²) in [5.41, 5.74) is 0.833. The highest BCUT2D eigenvalue weighted by molar-refractivity contribution is 8.18. The minimum Gasteiger partial charge on any atom is -0.494 e. The van der Waals surface area contributed by atoms with Gasteiger partial charge in [-0.3, -0.25) is 14.5 Å². The smallest absolute Gasteiger partial charge is 0.294 e. The Morgan fingerprint density at radius 1 is 1.35 bits per heavy atom. The highest BCUT2D eigenvalue weighted by Crippen LogP contribution is 2.32. The molecule has 1 heterocycles. The molecule has 0 N–H and O–H groups in total. The van der Waals surface area contributed by atoms with Crippen molar-refractivity contribution in [1.29, 1.82) is 0 Å². The zero-order chi connectivity index (χ0) is 14.5. The van der Waals surface area contributed by atoms with Crippen LogP contribution in [0.5, 0.6) is 5.75 Å². The second-order valence-electron chi connectivity index (χ2n) is 3.97. The van der Waals surface area contributed by atoms with Crippen LogP contribution in [-0.4, -0.2) is 29.2 Å². The molecule has 20 heavy (non-hydrogen) atoms. The molecule has 0 unspecified atom stereocenters. The van der Waals surface area contributed by atoms with Crippen molar-refractivity contribution in [3.63, 3.8) is 0 Å². The fourth-order valence-electron chi connectivity index (χ4n) is 1.71. The van der Waals surface area contributed by atoms with E-state index in [9.17, 15) is 9.59 Å². The van der Waals surface area contributed by atoms with Crippen molar-refractivity contribution >= 4 is 29.0 Å². The molecule has 0 radical (unpaired) electrons. The van der Waals surface area contributed by atoms with E-state index in [4.69, 9.17) is 11.2 Å². The Hall–Kier alpha value is -2.19. The molecular weight excluding hydrogens is 274 g/mol. The Labute approximate surface area is 121 Å². The van der Waals surface area contributed by atoms with Gasteiger partial charge >= 0.3 is 0 Å². The highest BCUT2D eigenvalue weighted by Gasteiger charge is 2.34. The molecule has 1 aliphatic rings. The van der Waals surface area contributed by atoms with Crippen LogP contribution in [0.4, 0.5) is 4.79 Å². The van der Waals surface area contributed by atoms with E-state index in [0.29, 0.717) is 11.5 Å². The van der Waals surface area contributed by atoms with Gasteiger partial charge in [0.1, 0.15) is 5.75 Å². The van der Waals surface area contributed by atoms with Crippen molar-refractivity contribution in [1.82, 2.24) is 4.90 Å². The second kappa shape index (κ2) is 6.31. The van der Waals surface area contributed by atoms with Crippen molar-refractivity contribution in [2.75, 3.05) is 13.2 Å². The van der Waals surface area contributed by atoms with Gasteiger partial charge in [-0.05, 0) is 42.5 Å². The van der Waals surface area contributed by atoms with Crippen molar-refractivity contribution in [3.8, 4) is 18.1 Å². The third-order valence-electron chi connectivity index (χ3n) is 2.61. The lowest BCUT2D eigenvalue weighted by molar-refractivity contribution is -0.122. The molecule has 0 atom stereocenters. The monoisotopic (exact) mass is 287 g/mol. The minimum absolute atomic E-state index is 0.00524. The van der Waals surface area contributed by atoms with E-state index >= 15 is 0 Å². The largest absolute Gasteiger partial charge is 0.494 e. The number of terminal acetylenes is 1. The molecule has 0 spiro atoms. The fourth-order valence-corrected chi connectivity index (χ4v) is 2.54. The maximum atomic E-state index is 12.0. The normalized spacial score (nSPS) is 16.6. The molecule has 1 saturated heterocycles. The van der Waals surface area contributed by atoms with Crippen LogP contribution in [0.2, 0.25) is 0 Å². The number of amides is 2. The summed E-state index contributed by atoms with van der Waals surface area (Å²) in [5.74, 6) is 2.73. The molecule has 1 aromatic carbocycles. The number of thioether (sulfide) groups is 1. The SMILES string of the molecule is C#CCN1C(=O)SC(=Cc2ccc(OCC)cc2)C1=O. The number of nitrogens with zero attached hydrogens (tertiary/aromatic N) is 1. The quantitative estimate of drug-likeness (QED) is 0.631. The van der Waals surface area contributed by atoms with Crippen LogP contribution in [0, 0.1) is 12.3 Å². The Morgan fingerprint density at radius 3 is 2.65 bits per heavy atom.